The molecular formula is C34H25F3N2O2. The Hall–Kier alpha value is -5.04. The average Bonchev–Trinajstić information content (AvgIpc) is 3.35. The van der Waals surface area contributed by atoms with Gasteiger partial charge >= 0.3 is 6.18 Å². The highest BCUT2D eigenvalue weighted by Crippen LogP contribution is 2.39. The Balaban J connectivity index is 1.37. The van der Waals surface area contributed by atoms with Gasteiger partial charge in [-0.05, 0) is 41.5 Å². The first-order chi connectivity index (χ1) is 20.0. The minimum atomic E-state index is -4.53. The molecule has 6 rings (SSSR count). The van der Waals surface area contributed by atoms with Gasteiger partial charge in [0.1, 0.15) is 17.9 Å². The average molecular weight is 551 g/mol. The molecule has 0 radical (unpaired) electrons. The number of hydrogen-bond donors (Lipinski definition) is 0. The van der Waals surface area contributed by atoms with Crippen LogP contribution in [0.4, 0.5) is 13.2 Å². The molecule has 0 saturated carbocycles. The first-order valence-electron chi connectivity index (χ1n) is 13.1. The smallest absolute Gasteiger partial charge is 0.418 e. The number of halogens is 3. The summed E-state index contributed by atoms with van der Waals surface area (Å²) in [5, 5.41) is 4.88. The summed E-state index contributed by atoms with van der Waals surface area (Å²) < 4.78 is 55.7. The van der Waals surface area contributed by atoms with Crippen LogP contribution in [0, 0.1) is 0 Å². The third kappa shape index (κ3) is 5.79. The van der Waals surface area contributed by atoms with Crippen LogP contribution in [0.5, 0.6) is 17.2 Å². The number of rotatable bonds is 8. The summed E-state index contributed by atoms with van der Waals surface area (Å²) in [6.07, 6.45) is -4.53. The van der Waals surface area contributed by atoms with Crippen molar-refractivity contribution in [1.82, 2.24) is 9.78 Å². The largest absolute Gasteiger partial charge is 0.485 e. The highest BCUT2D eigenvalue weighted by atomic mass is 19.4. The van der Waals surface area contributed by atoms with Gasteiger partial charge in [-0.3, -0.25) is 4.68 Å². The summed E-state index contributed by atoms with van der Waals surface area (Å²) in [6, 6.07) is 38.2. The van der Waals surface area contributed by atoms with E-state index < -0.39 is 11.7 Å². The van der Waals surface area contributed by atoms with E-state index in [4.69, 9.17) is 9.47 Å². The molecule has 0 aliphatic heterocycles. The number of benzene rings is 5. The van der Waals surface area contributed by atoms with E-state index in [2.05, 4.69) is 5.10 Å². The predicted molar refractivity (Wildman–Crippen MR) is 153 cm³/mol. The van der Waals surface area contributed by atoms with Gasteiger partial charge in [0, 0.05) is 10.9 Å². The first kappa shape index (κ1) is 26.2. The van der Waals surface area contributed by atoms with Gasteiger partial charge in [0.05, 0.1) is 17.8 Å². The standard InChI is InChI=1S/C34H25F3N2O2/c35-34(36,37)29-18-10-17-28-32(29)38-39(22-24-11-3-1-4-12-24)33(28)26-15-9-16-27(21-26)41-31-20-8-7-19-30(31)40-23-25-13-5-2-6-14-25/h1-21H,22-23H2. The minimum absolute atomic E-state index is 0.0862. The molecule has 41 heavy (non-hydrogen) atoms. The van der Waals surface area contributed by atoms with Crippen molar-refractivity contribution >= 4 is 10.9 Å². The number of hydrogen-bond acceptors (Lipinski definition) is 3. The maximum Gasteiger partial charge on any atom is 0.418 e. The second kappa shape index (κ2) is 11.2. The summed E-state index contributed by atoms with van der Waals surface area (Å²) in [6.45, 7) is 0.691. The van der Waals surface area contributed by atoms with Gasteiger partial charge in [-0.25, -0.2) is 0 Å². The van der Waals surface area contributed by atoms with Crippen LogP contribution in [0.25, 0.3) is 22.2 Å². The lowest BCUT2D eigenvalue weighted by Gasteiger charge is -2.14. The molecule has 1 heterocycles. The van der Waals surface area contributed by atoms with Crippen molar-refractivity contribution in [3.8, 4) is 28.5 Å². The molecule has 0 atom stereocenters. The lowest BCUT2D eigenvalue weighted by molar-refractivity contribution is -0.136. The second-order valence-electron chi connectivity index (χ2n) is 9.54. The number of nitrogens with zero attached hydrogens (tertiary/aromatic N) is 2. The van der Waals surface area contributed by atoms with Crippen molar-refractivity contribution in [2.75, 3.05) is 0 Å². The number of ether oxygens (including phenoxy) is 2. The number of fused-ring (bicyclic) bond motifs is 1. The third-order valence-corrected chi connectivity index (χ3v) is 6.67. The maximum absolute atomic E-state index is 13.9. The Kier molecular flexibility index (Phi) is 7.17. The van der Waals surface area contributed by atoms with Crippen LogP contribution in [0.15, 0.2) is 127 Å². The molecule has 0 aliphatic carbocycles. The Bertz CT molecular complexity index is 1780. The third-order valence-electron chi connectivity index (χ3n) is 6.67. The van der Waals surface area contributed by atoms with Crippen LogP contribution >= 0.6 is 0 Å². The van der Waals surface area contributed by atoms with Gasteiger partial charge < -0.3 is 9.47 Å². The molecule has 0 aliphatic rings. The Morgan fingerprint density at radius 3 is 2.05 bits per heavy atom. The lowest BCUT2D eigenvalue weighted by atomic mass is 10.0. The van der Waals surface area contributed by atoms with E-state index in [-0.39, 0.29) is 5.52 Å². The molecule has 0 amide bonds. The first-order valence-corrected chi connectivity index (χ1v) is 13.1. The fourth-order valence-corrected chi connectivity index (χ4v) is 4.78. The van der Waals surface area contributed by atoms with Gasteiger partial charge in [-0.1, -0.05) is 97.1 Å². The Morgan fingerprint density at radius 2 is 1.32 bits per heavy atom. The summed E-state index contributed by atoms with van der Waals surface area (Å²) in [7, 11) is 0. The Morgan fingerprint density at radius 1 is 0.659 bits per heavy atom. The maximum atomic E-state index is 13.9. The predicted octanol–water partition coefficient (Wildman–Crippen LogP) is 9.14. The molecule has 5 aromatic carbocycles. The highest BCUT2D eigenvalue weighted by Gasteiger charge is 2.34. The van der Waals surface area contributed by atoms with Gasteiger partial charge in [-0.2, -0.15) is 18.3 Å². The molecule has 0 saturated heterocycles. The van der Waals surface area contributed by atoms with E-state index in [1.807, 2.05) is 103 Å². The monoisotopic (exact) mass is 550 g/mol. The summed E-state index contributed by atoms with van der Waals surface area (Å²) in [5.41, 5.74) is 2.36. The minimum Gasteiger partial charge on any atom is -0.485 e. The van der Waals surface area contributed by atoms with Crippen molar-refractivity contribution in [3.63, 3.8) is 0 Å². The zero-order chi connectivity index (χ0) is 28.2. The molecule has 1 aromatic heterocycles. The molecule has 204 valence electrons. The molecule has 0 fully saturated rings. The van der Waals surface area contributed by atoms with Gasteiger partial charge in [0.15, 0.2) is 11.5 Å². The van der Waals surface area contributed by atoms with Gasteiger partial charge in [0.2, 0.25) is 0 Å². The lowest BCUT2D eigenvalue weighted by Crippen LogP contribution is -2.06. The summed E-state index contributed by atoms with van der Waals surface area (Å²) in [4.78, 5) is 0. The van der Waals surface area contributed by atoms with Gasteiger partial charge in [-0.15, -0.1) is 0 Å². The van der Waals surface area contributed by atoms with E-state index >= 15 is 0 Å². The van der Waals surface area contributed by atoms with E-state index in [1.54, 1.807) is 16.8 Å². The number of alkyl halides is 3. The van der Waals surface area contributed by atoms with Crippen LogP contribution in [-0.2, 0) is 19.3 Å². The molecule has 0 spiro atoms. The normalized spacial score (nSPS) is 11.5. The van der Waals surface area contributed by atoms with Crippen molar-refractivity contribution in [2.24, 2.45) is 0 Å². The molecule has 0 N–H and O–H groups in total. The van der Waals surface area contributed by atoms with E-state index in [0.29, 0.717) is 47.0 Å². The van der Waals surface area contributed by atoms with Crippen molar-refractivity contribution in [3.05, 3.63) is 144 Å². The van der Waals surface area contributed by atoms with Crippen LogP contribution in [0.2, 0.25) is 0 Å². The van der Waals surface area contributed by atoms with E-state index in [1.165, 1.54) is 6.07 Å². The number of para-hydroxylation sites is 2. The molecule has 0 bridgehead atoms. The Labute approximate surface area is 235 Å². The SMILES string of the molecule is FC(F)(F)c1cccc2c(-c3cccc(Oc4ccccc4OCc4ccccc4)c3)n(Cc3ccccc3)nc12. The van der Waals surface area contributed by atoms with Crippen LogP contribution in [-0.4, -0.2) is 9.78 Å². The van der Waals surface area contributed by atoms with Crippen LogP contribution in [0.3, 0.4) is 0 Å². The molecule has 4 nitrogen and oxygen atoms in total. The quantitative estimate of drug-likeness (QED) is 0.190. The van der Waals surface area contributed by atoms with Crippen molar-refractivity contribution in [1.29, 1.82) is 0 Å². The van der Waals surface area contributed by atoms with Crippen LogP contribution < -0.4 is 9.47 Å². The number of aromatic nitrogens is 2. The molecule has 0 unspecified atom stereocenters. The fraction of sp³-hybridized carbons (Fsp3) is 0.0882. The van der Waals surface area contributed by atoms with Crippen LogP contribution in [0.1, 0.15) is 16.7 Å². The highest BCUT2D eigenvalue weighted by molar-refractivity contribution is 5.95. The topological polar surface area (TPSA) is 36.3 Å². The molecule has 6 aromatic rings. The summed E-state index contributed by atoms with van der Waals surface area (Å²) in [5.74, 6) is 1.63. The second-order valence-corrected chi connectivity index (χ2v) is 9.54. The van der Waals surface area contributed by atoms with E-state index in [0.717, 1.165) is 17.2 Å². The zero-order valence-corrected chi connectivity index (χ0v) is 21.9. The summed E-state index contributed by atoms with van der Waals surface area (Å²) >= 11 is 0. The van der Waals surface area contributed by atoms with Crippen molar-refractivity contribution in [2.45, 2.75) is 19.3 Å². The van der Waals surface area contributed by atoms with E-state index in [9.17, 15) is 13.2 Å². The van der Waals surface area contributed by atoms with Gasteiger partial charge in [0.25, 0.3) is 0 Å². The fourth-order valence-electron chi connectivity index (χ4n) is 4.78. The molecular weight excluding hydrogens is 525 g/mol. The van der Waals surface area contributed by atoms with Crippen molar-refractivity contribution < 1.29 is 22.6 Å². The molecule has 7 heteroatoms. The zero-order valence-electron chi connectivity index (χ0n) is 21.9.